The molecule has 0 saturated carbocycles. The maximum Gasteiger partial charge on any atom is 0.260 e. The van der Waals surface area contributed by atoms with Crippen LogP contribution in [0.4, 0.5) is 0 Å². The van der Waals surface area contributed by atoms with Crippen LogP contribution in [0.25, 0.3) is 0 Å². The third-order valence-electron chi connectivity index (χ3n) is 4.42. The second-order valence-electron chi connectivity index (χ2n) is 7.45. The minimum atomic E-state index is -1.48. The SMILES string of the molecule is CNC(=O)[C@H](CCCN=C(N)N)NC(=O)C(N=C(N)N)NC(O)[C@H](CCCN=C(N)N)NC(C)=O. The molecule has 0 rings (SSSR count). The third-order valence-corrected chi connectivity index (χ3v) is 4.42. The molecule has 3 amide bonds. The van der Waals surface area contributed by atoms with Crippen molar-refractivity contribution >= 4 is 35.6 Å². The predicted octanol–water partition coefficient (Wildman–Crippen LogP) is -5.66. The zero-order valence-electron chi connectivity index (χ0n) is 20.0. The van der Waals surface area contributed by atoms with E-state index < -0.39 is 48.2 Å². The lowest BCUT2D eigenvalue weighted by molar-refractivity contribution is -0.130. The number of carbonyl (C=O) groups excluding carboxylic acids is 3. The molecule has 0 aliphatic heterocycles. The van der Waals surface area contributed by atoms with Gasteiger partial charge in [0.2, 0.25) is 11.8 Å². The van der Waals surface area contributed by atoms with Crippen molar-refractivity contribution in [1.82, 2.24) is 21.3 Å². The summed E-state index contributed by atoms with van der Waals surface area (Å²) in [4.78, 5) is 48.2. The molecule has 2 unspecified atom stereocenters. The van der Waals surface area contributed by atoms with E-state index >= 15 is 0 Å². The van der Waals surface area contributed by atoms with Gasteiger partial charge in [0.1, 0.15) is 12.3 Å². The molecule has 0 aliphatic rings. The van der Waals surface area contributed by atoms with E-state index in [9.17, 15) is 19.5 Å². The van der Waals surface area contributed by atoms with Crippen LogP contribution in [0.2, 0.25) is 0 Å². The fourth-order valence-corrected chi connectivity index (χ4v) is 2.89. The van der Waals surface area contributed by atoms with Gasteiger partial charge in [0.15, 0.2) is 24.0 Å². The van der Waals surface area contributed by atoms with E-state index in [0.29, 0.717) is 12.8 Å². The van der Waals surface area contributed by atoms with Crippen molar-refractivity contribution in [3.8, 4) is 0 Å². The Morgan fingerprint density at radius 3 is 1.83 bits per heavy atom. The van der Waals surface area contributed by atoms with Crippen LogP contribution < -0.4 is 55.7 Å². The molecule has 0 aromatic rings. The van der Waals surface area contributed by atoms with E-state index in [1.807, 2.05) is 0 Å². The standard InChI is InChI=1S/C18H39N13O4/c1-9(32)28-11(6-4-8-27-17(21)22)14(34)30-12(31-18(23)24)15(35)29-10(13(33)25-2)5-3-7-26-16(19)20/h10-12,14,30,34H,3-8H2,1-2H3,(H,25,33)(H,28,32)(H,29,35)(H4,19,20,26)(H4,21,22,27)(H4,23,24,31)/t10-,11-,12?,14?/m0/s1. The van der Waals surface area contributed by atoms with Crippen LogP contribution in [-0.4, -0.2) is 85.3 Å². The summed E-state index contributed by atoms with van der Waals surface area (Å²) in [7, 11) is 1.41. The van der Waals surface area contributed by atoms with E-state index in [0.717, 1.165) is 0 Å². The van der Waals surface area contributed by atoms with Crippen molar-refractivity contribution in [2.75, 3.05) is 20.1 Å². The van der Waals surface area contributed by atoms with Crippen LogP contribution in [0.1, 0.15) is 32.6 Å². The molecule has 4 atom stereocenters. The van der Waals surface area contributed by atoms with Crippen molar-refractivity contribution in [3.63, 3.8) is 0 Å². The predicted molar refractivity (Wildman–Crippen MR) is 132 cm³/mol. The summed E-state index contributed by atoms with van der Waals surface area (Å²) < 4.78 is 0. The van der Waals surface area contributed by atoms with Gasteiger partial charge in [-0.05, 0) is 25.7 Å². The van der Waals surface area contributed by atoms with Gasteiger partial charge in [-0.3, -0.25) is 29.7 Å². The topological polar surface area (TPSA) is 313 Å². The molecule has 0 aliphatic carbocycles. The number of likely N-dealkylation sites (N-methyl/N-ethyl adjacent to an activating group) is 1. The number of carbonyl (C=O) groups is 3. The van der Waals surface area contributed by atoms with Crippen molar-refractivity contribution in [3.05, 3.63) is 0 Å². The van der Waals surface area contributed by atoms with E-state index in [1.54, 1.807) is 0 Å². The Balaban J connectivity index is 5.42. The molecule has 35 heavy (non-hydrogen) atoms. The van der Waals surface area contributed by atoms with Gasteiger partial charge in [0.05, 0.1) is 6.04 Å². The number of aliphatic hydroxyl groups excluding tert-OH is 1. The van der Waals surface area contributed by atoms with Crippen molar-refractivity contribution in [2.45, 2.75) is 57.1 Å². The molecule has 0 heterocycles. The molecule has 0 saturated heterocycles. The molecule has 0 aromatic heterocycles. The molecule has 0 aromatic carbocycles. The molecule has 0 fully saturated rings. The average molecular weight is 502 g/mol. The lowest BCUT2D eigenvalue weighted by Crippen LogP contribution is -2.58. The van der Waals surface area contributed by atoms with Crippen molar-refractivity contribution in [1.29, 1.82) is 0 Å². The Labute approximate surface area is 203 Å². The largest absolute Gasteiger partial charge is 0.376 e. The molecule has 17 heteroatoms. The summed E-state index contributed by atoms with van der Waals surface area (Å²) in [5.41, 5.74) is 32.0. The lowest BCUT2D eigenvalue weighted by Gasteiger charge is -2.27. The maximum atomic E-state index is 12.9. The van der Waals surface area contributed by atoms with Crippen molar-refractivity contribution in [2.24, 2.45) is 49.4 Å². The molecular formula is C18H39N13O4. The number of nitrogens with zero attached hydrogens (tertiary/aromatic N) is 3. The highest BCUT2D eigenvalue weighted by Gasteiger charge is 2.29. The number of nitrogens with two attached hydrogens (primary N) is 6. The summed E-state index contributed by atoms with van der Waals surface area (Å²) in [5, 5.41) is 20.8. The van der Waals surface area contributed by atoms with Gasteiger partial charge in [-0.2, -0.15) is 0 Å². The van der Waals surface area contributed by atoms with Gasteiger partial charge in [-0.1, -0.05) is 0 Å². The van der Waals surface area contributed by atoms with Crippen LogP contribution in [0.15, 0.2) is 15.0 Å². The van der Waals surface area contributed by atoms with Gasteiger partial charge >= 0.3 is 0 Å². The van der Waals surface area contributed by atoms with Crippen molar-refractivity contribution < 1.29 is 19.5 Å². The summed E-state index contributed by atoms with van der Waals surface area (Å²) in [6.07, 6.45) is -1.66. The number of rotatable bonds is 16. The average Bonchev–Trinajstić information content (AvgIpc) is 2.75. The quantitative estimate of drug-likeness (QED) is 0.0409. The van der Waals surface area contributed by atoms with Crippen LogP contribution >= 0.6 is 0 Å². The van der Waals surface area contributed by atoms with Gasteiger partial charge < -0.3 is 55.5 Å². The number of aliphatic imine (C=N–C) groups is 3. The Morgan fingerprint density at radius 1 is 0.829 bits per heavy atom. The summed E-state index contributed by atoms with van der Waals surface area (Å²) in [6, 6.07) is -1.79. The molecule has 0 bridgehead atoms. The normalized spacial score (nSPS) is 13.8. The Kier molecular flexibility index (Phi) is 14.9. The molecule has 0 radical (unpaired) electrons. The minimum absolute atomic E-state index is 0.0896. The summed E-state index contributed by atoms with van der Waals surface area (Å²) >= 11 is 0. The highest BCUT2D eigenvalue weighted by atomic mass is 16.3. The first-order valence-corrected chi connectivity index (χ1v) is 10.8. The van der Waals surface area contributed by atoms with Gasteiger partial charge in [0, 0.05) is 27.1 Å². The zero-order chi connectivity index (χ0) is 27.0. The molecule has 17 nitrogen and oxygen atoms in total. The second-order valence-corrected chi connectivity index (χ2v) is 7.45. The molecule has 200 valence electrons. The van der Waals surface area contributed by atoms with Crippen LogP contribution in [0.5, 0.6) is 0 Å². The number of nitrogens with one attached hydrogen (secondary N) is 4. The van der Waals surface area contributed by atoms with Gasteiger partial charge in [-0.25, -0.2) is 4.99 Å². The first-order chi connectivity index (χ1) is 16.4. The highest BCUT2D eigenvalue weighted by molar-refractivity contribution is 5.91. The van der Waals surface area contributed by atoms with E-state index in [2.05, 4.69) is 36.2 Å². The fraction of sp³-hybridized carbons (Fsp3) is 0.667. The van der Waals surface area contributed by atoms with Crippen LogP contribution in [0.3, 0.4) is 0 Å². The first-order valence-electron chi connectivity index (χ1n) is 10.8. The van der Waals surface area contributed by atoms with E-state index in [4.69, 9.17) is 34.4 Å². The number of hydrogen-bond acceptors (Lipinski definition) is 8. The number of guanidine groups is 3. The summed E-state index contributed by atoms with van der Waals surface area (Å²) in [5.74, 6) is -2.31. The molecule has 17 N–H and O–H groups in total. The van der Waals surface area contributed by atoms with Gasteiger partial charge in [0.25, 0.3) is 5.91 Å². The number of hydrogen-bond donors (Lipinski definition) is 11. The number of aliphatic hydroxyl groups is 1. The van der Waals surface area contributed by atoms with Crippen LogP contribution in [0, 0.1) is 0 Å². The van der Waals surface area contributed by atoms with Gasteiger partial charge in [-0.15, -0.1) is 0 Å². The number of amides is 3. The second kappa shape index (κ2) is 16.7. The highest BCUT2D eigenvalue weighted by Crippen LogP contribution is 2.05. The van der Waals surface area contributed by atoms with Crippen LogP contribution in [-0.2, 0) is 14.4 Å². The lowest BCUT2D eigenvalue weighted by atomic mass is 10.1. The smallest absolute Gasteiger partial charge is 0.260 e. The molecular weight excluding hydrogens is 462 g/mol. The fourth-order valence-electron chi connectivity index (χ4n) is 2.89. The maximum absolute atomic E-state index is 12.9. The minimum Gasteiger partial charge on any atom is -0.376 e. The summed E-state index contributed by atoms with van der Waals surface area (Å²) in [6.45, 7) is 1.78. The monoisotopic (exact) mass is 501 g/mol. The van der Waals surface area contributed by atoms with E-state index in [-0.39, 0.29) is 37.9 Å². The Bertz CT molecular complexity index is 774. The zero-order valence-corrected chi connectivity index (χ0v) is 20.0. The Morgan fingerprint density at radius 2 is 1.37 bits per heavy atom. The van der Waals surface area contributed by atoms with E-state index in [1.165, 1.54) is 14.0 Å². The third kappa shape index (κ3) is 14.8. The Hall–Kier alpha value is -3.86. The molecule has 0 spiro atoms. The first kappa shape index (κ1) is 31.1.